The third kappa shape index (κ3) is 3.66. The Labute approximate surface area is 143 Å². The molecule has 0 atom stereocenters. The minimum Gasteiger partial charge on any atom is -0.507 e. The zero-order valence-electron chi connectivity index (χ0n) is 12.5. The molecule has 2 rings (SSSR count). The molecule has 2 aromatic rings. The van der Waals surface area contributed by atoms with E-state index >= 15 is 0 Å². The van der Waals surface area contributed by atoms with E-state index in [1.54, 1.807) is 26.0 Å². The van der Waals surface area contributed by atoms with Gasteiger partial charge in [0.2, 0.25) is 0 Å². The second-order valence-corrected chi connectivity index (χ2v) is 6.05. The van der Waals surface area contributed by atoms with Crippen molar-refractivity contribution in [3.8, 4) is 11.5 Å². The number of aromatic hydroxyl groups is 2. The van der Waals surface area contributed by atoms with Crippen LogP contribution in [0.3, 0.4) is 0 Å². The van der Waals surface area contributed by atoms with Gasteiger partial charge in [-0.2, -0.15) is 0 Å². The fraction of sp³-hybridized carbons (Fsp3) is 0.176. The highest BCUT2D eigenvalue weighted by Crippen LogP contribution is 2.33. The van der Waals surface area contributed by atoms with E-state index in [1.165, 1.54) is 12.1 Å². The van der Waals surface area contributed by atoms with Gasteiger partial charge in [-0.1, -0.05) is 12.1 Å². The monoisotopic (exact) mass is 352 g/mol. The van der Waals surface area contributed by atoms with Gasteiger partial charge >= 0.3 is 0 Å². The number of benzene rings is 2. The van der Waals surface area contributed by atoms with Gasteiger partial charge in [0.25, 0.3) is 10.5 Å². The number of aryl methyl sites for hydroxylation is 2. The molecule has 0 fully saturated rings. The third-order valence-electron chi connectivity index (χ3n) is 3.47. The number of phenolic OH excluding ortho intramolecular Hbond substituents is 2. The van der Waals surface area contributed by atoms with Crippen molar-refractivity contribution in [2.45, 2.75) is 20.3 Å². The average molecular weight is 353 g/mol. The molecule has 2 N–H and O–H groups in total. The van der Waals surface area contributed by atoms with E-state index in [1.807, 2.05) is 0 Å². The Kier molecular flexibility index (Phi) is 4.97. The maximum Gasteiger partial charge on any atom is 0.256 e. The van der Waals surface area contributed by atoms with E-state index in [4.69, 9.17) is 23.2 Å². The topological polar surface area (TPSA) is 74.6 Å². The van der Waals surface area contributed by atoms with Crippen molar-refractivity contribution in [3.63, 3.8) is 0 Å². The van der Waals surface area contributed by atoms with Crippen molar-refractivity contribution in [2.24, 2.45) is 0 Å². The van der Waals surface area contributed by atoms with Crippen molar-refractivity contribution in [2.75, 3.05) is 0 Å². The number of hydrogen-bond acceptors (Lipinski definition) is 4. The van der Waals surface area contributed by atoms with Gasteiger partial charge < -0.3 is 10.2 Å². The van der Waals surface area contributed by atoms with Crippen LogP contribution in [0.2, 0.25) is 0 Å². The minimum absolute atomic E-state index is 0.00227. The van der Waals surface area contributed by atoms with E-state index in [0.717, 1.165) is 11.1 Å². The number of phenols is 2. The number of carbonyl (C=O) groups is 2. The molecule has 0 aliphatic carbocycles. The average Bonchev–Trinajstić information content (AvgIpc) is 2.45. The molecule has 0 aliphatic rings. The standard InChI is InChI=1S/C17H14Cl2O4/c1-8-3-10(14(20)12(5-8)16(18)22)7-11-4-9(2)6-13(15(11)21)17(19)23/h3-6,20-21H,7H2,1-2H3. The smallest absolute Gasteiger partial charge is 0.256 e. The lowest BCUT2D eigenvalue weighted by atomic mass is 9.96. The highest BCUT2D eigenvalue weighted by Gasteiger charge is 2.18. The molecule has 23 heavy (non-hydrogen) atoms. The molecular weight excluding hydrogens is 339 g/mol. The molecule has 0 aliphatic heterocycles. The first-order valence-electron chi connectivity index (χ1n) is 6.75. The van der Waals surface area contributed by atoms with Gasteiger partial charge in [0.1, 0.15) is 11.5 Å². The van der Waals surface area contributed by atoms with Crippen LogP contribution in [0.1, 0.15) is 43.0 Å². The Morgan fingerprint density at radius 2 is 1.17 bits per heavy atom. The number of carbonyl (C=O) groups excluding carboxylic acids is 2. The molecule has 0 unspecified atom stereocenters. The minimum atomic E-state index is -0.766. The van der Waals surface area contributed by atoms with E-state index in [-0.39, 0.29) is 29.0 Å². The third-order valence-corrected chi connectivity index (χ3v) is 3.88. The van der Waals surface area contributed by atoms with Crippen LogP contribution in [0.25, 0.3) is 0 Å². The Morgan fingerprint density at radius 3 is 1.48 bits per heavy atom. The molecule has 2 aromatic carbocycles. The Balaban J connectivity index is 2.56. The summed E-state index contributed by atoms with van der Waals surface area (Å²) in [5, 5.41) is 18.9. The van der Waals surface area contributed by atoms with Gasteiger partial charge in [0, 0.05) is 6.42 Å². The highest BCUT2D eigenvalue weighted by atomic mass is 35.5. The largest absolute Gasteiger partial charge is 0.507 e. The Morgan fingerprint density at radius 1 is 0.826 bits per heavy atom. The van der Waals surface area contributed by atoms with Gasteiger partial charge in [-0.05, 0) is 71.4 Å². The van der Waals surface area contributed by atoms with Crippen LogP contribution < -0.4 is 0 Å². The molecular formula is C17H14Cl2O4. The first-order valence-corrected chi connectivity index (χ1v) is 7.51. The van der Waals surface area contributed by atoms with Crippen LogP contribution in [0, 0.1) is 13.8 Å². The molecule has 0 heterocycles. The van der Waals surface area contributed by atoms with Crippen LogP contribution in [0.15, 0.2) is 24.3 Å². The molecule has 4 nitrogen and oxygen atoms in total. The van der Waals surface area contributed by atoms with Gasteiger partial charge in [0.15, 0.2) is 0 Å². The van der Waals surface area contributed by atoms with Crippen molar-refractivity contribution in [3.05, 3.63) is 57.6 Å². The lowest BCUT2D eigenvalue weighted by molar-refractivity contribution is 0.107. The van der Waals surface area contributed by atoms with Crippen molar-refractivity contribution in [1.29, 1.82) is 0 Å². The lowest BCUT2D eigenvalue weighted by Crippen LogP contribution is -2.00. The predicted octanol–water partition coefficient (Wildman–Crippen LogP) is 4.06. The molecule has 0 amide bonds. The molecule has 0 saturated carbocycles. The summed E-state index contributed by atoms with van der Waals surface area (Å²) in [7, 11) is 0. The summed E-state index contributed by atoms with van der Waals surface area (Å²) in [6.07, 6.45) is 0.120. The van der Waals surface area contributed by atoms with Crippen LogP contribution in [0.5, 0.6) is 11.5 Å². The predicted molar refractivity (Wildman–Crippen MR) is 88.9 cm³/mol. The molecule has 0 aromatic heterocycles. The summed E-state index contributed by atoms with van der Waals surface area (Å²) in [5.74, 6) is -0.481. The Hall–Kier alpha value is -2.04. The van der Waals surface area contributed by atoms with Crippen molar-refractivity contribution < 1.29 is 19.8 Å². The summed E-state index contributed by atoms with van der Waals surface area (Å²) in [5.41, 5.74) is 2.32. The van der Waals surface area contributed by atoms with E-state index in [9.17, 15) is 19.8 Å². The molecule has 120 valence electrons. The molecule has 0 saturated heterocycles. The summed E-state index contributed by atoms with van der Waals surface area (Å²) in [4.78, 5) is 22.8. The molecule has 6 heteroatoms. The molecule has 0 radical (unpaired) electrons. The Bertz CT molecular complexity index is 745. The second kappa shape index (κ2) is 6.60. The summed E-state index contributed by atoms with van der Waals surface area (Å²) < 4.78 is 0. The fourth-order valence-electron chi connectivity index (χ4n) is 2.48. The van der Waals surface area contributed by atoms with Gasteiger partial charge in [-0.25, -0.2) is 0 Å². The van der Waals surface area contributed by atoms with Crippen LogP contribution >= 0.6 is 23.2 Å². The van der Waals surface area contributed by atoms with Gasteiger partial charge in [0.05, 0.1) is 11.1 Å². The summed E-state index contributed by atoms with van der Waals surface area (Å²) in [6, 6.07) is 6.33. The quantitative estimate of drug-likeness (QED) is 0.813. The molecule has 0 bridgehead atoms. The van der Waals surface area contributed by atoms with E-state index in [2.05, 4.69) is 0 Å². The van der Waals surface area contributed by atoms with Crippen LogP contribution in [-0.4, -0.2) is 20.7 Å². The van der Waals surface area contributed by atoms with Gasteiger partial charge in [-0.15, -0.1) is 0 Å². The summed E-state index contributed by atoms with van der Waals surface area (Å²) in [6.45, 7) is 3.52. The first-order chi connectivity index (χ1) is 10.7. The molecule has 0 spiro atoms. The normalized spacial score (nSPS) is 10.6. The number of hydrogen-bond donors (Lipinski definition) is 2. The second-order valence-electron chi connectivity index (χ2n) is 5.36. The lowest BCUT2D eigenvalue weighted by Gasteiger charge is -2.12. The SMILES string of the molecule is Cc1cc(Cc2cc(C)cc(C(=O)Cl)c2O)c(O)c(C(=O)Cl)c1. The number of halogens is 2. The maximum atomic E-state index is 11.4. The number of rotatable bonds is 4. The van der Waals surface area contributed by atoms with Crippen molar-refractivity contribution in [1.82, 2.24) is 0 Å². The highest BCUT2D eigenvalue weighted by molar-refractivity contribution is 6.68. The van der Waals surface area contributed by atoms with Crippen LogP contribution in [0.4, 0.5) is 0 Å². The zero-order valence-corrected chi connectivity index (χ0v) is 14.0. The van der Waals surface area contributed by atoms with E-state index in [0.29, 0.717) is 11.1 Å². The zero-order chi connectivity index (χ0) is 17.3. The van der Waals surface area contributed by atoms with Gasteiger partial charge in [-0.3, -0.25) is 9.59 Å². The van der Waals surface area contributed by atoms with E-state index < -0.39 is 10.5 Å². The van der Waals surface area contributed by atoms with Crippen molar-refractivity contribution >= 4 is 33.7 Å². The fourth-order valence-corrected chi connectivity index (χ4v) is 2.77. The van der Waals surface area contributed by atoms with Crippen LogP contribution in [-0.2, 0) is 6.42 Å². The first kappa shape index (κ1) is 17.3. The summed E-state index contributed by atoms with van der Waals surface area (Å²) >= 11 is 10.9. The maximum absolute atomic E-state index is 11.4.